The van der Waals surface area contributed by atoms with Crippen molar-refractivity contribution in [2.75, 3.05) is 13.1 Å². The molecule has 0 bridgehead atoms. The third-order valence-corrected chi connectivity index (χ3v) is 3.24. The van der Waals surface area contributed by atoms with Gasteiger partial charge in [0.2, 0.25) is 5.91 Å². The van der Waals surface area contributed by atoms with E-state index in [1.54, 1.807) is 0 Å². The first-order valence-electron chi connectivity index (χ1n) is 5.94. The first-order chi connectivity index (χ1) is 7.53. The van der Waals surface area contributed by atoms with Gasteiger partial charge in [0.1, 0.15) is 6.04 Å². The van der Waals surface area contributed by atoms with E-state index in [4.69, 9.17) is 5.26 Å². The van der Waals surface area contributed by atoms with Crippen molar-refractivity contribution in [1.29, 1.82) is 5.26 Å². The van der Waals surface area contributed by atoms with Gasteiger partial charge in [-0.1, -0.05) is 6.92 Å². The number of nitrogens with zero attached hydrogens (tertiary/aromatic N) is 2. The van der Waals surface area contributed by atoms with Crippen LogP contribution in [0.25, 0.3) is 0 Å². The highest BCUT2D eigenvalue weighted by atomic mass is 16.2. The summed E-state index contributed by atoms with van der Waals surface area (Å²) in [4.78, 5) is 14.1. The first kappa shape index (κ1) is 13.0. The molecule has 1 amide bonds. The van der Waals surface area contributed by atoms with E-state index in [-0.39, 0.29) is 23.9 Å². The second-order valence-electron chi connectivity index (χ2n) is 4.92. The fraction of sp³-hybridized carbons (Fsp3) is 0.833. The molecule has 4 heteroatoms. The molecule has 0 radical (unpaired) electrons. The number of hydrogen-bond donors (Lipinski definition) is 1. The van der Waals surface area contributed by atoms with Crippen LogP contribution in [0.1, 0.15) is 40.0 Å². The van der Waals surface area contributed by atoms with Gasteiger partial charge in [-0.05, 0) is 33.2 Å². The Morgan fingerprint density at radius 3 is 2.88 bits per heavy atom. The molecule has 1 aliphatic heterocycles. The lowest BCUT2D eigenvalue weighted by Gasteiger charge is -2.40. The molecule has 0 aromatic heterocycles. The Morgan fingerprint density at radius 1 is 1.62 bits per heavy atom. The van der Waals surface area contributed by atoms with Gasteiger partial charge in [-0.25, -0.2) is 0 Å². The van der Waals surface area contributed by atoms with E-state index in [0.29, 0.717) is 6.54 Å². The molecule has 0 aromatic carbocycles. The van der Waals surface area contributed by atoms with Crippen molar-refractivity contribution < 1.29 is 4.79 Å². The fourth-order valence-electron chi connectivity index (χ4n) is 2.31. The highest BCUT2D eigenvalue weighted by Gasteiger charge is 2.37. The van der Waals surface area contributed by atoms with Crippen molar-refractivity contribution in [3.63, 3.8) is 0 Å². The van der Waals surface area contributed by atoms with Gasteiger partial charge in [-0.2, -0.15) is 5.26 Å². The van der Waals surface area contributed by atoms with Crippen LogP contribution >= 0.6 is 0 Å². The molecule has 0 aliphatic carbocycles. The van der Waals surface area contributed by atoms with Gasteiger partial charge >= 0.3 is 0 Å². The summed E-state index contributed by atoms with van der Waals surface area (Å²) in [7, 11) is 0. The summed E-state index contributed by atoms with van der Waals surface area (Å²) in [5, 5.41) is 11.7. The van der Waals surface area contributed by atoms with E-state index in [1.165, 1.54) is 0 Å². The van der Waals surface area contributed by atoms with Crippen molar-refractivity contribution in [3.8, 4) is 6.07 Å². The molecule has 1 fully saturated rings. The van der Waals surface area contributed by atoms with Crippen molar-refractivity contribution in [2.24, 2.45) is 0 Å². The molecule has 16 heavy (non-hydrogen) atoms. The molecular weight excluding hydrogens is 202 g/mol. The van der Waals surface area contributed by atoms with Crippen molar-refractivity contribution in [1.82, 2.24) is 10.2 Å². The average molecular weight is 223 g/mol. The van der Waals surface area contributed by atoms with Crippen LogP contribution in [0.4, 0.5) is 0 Å². The fourth-order valence-corrected chi connectivity index (χ4v) is 2.31. The minimum absolute atomic E-state index is 0.000532. The lowest BCUT2D eigenvalue weighted by Crippen LogP contribution is -2.52. The number of amides is 1. The Labute approximate surface area is 97.6 Å². The van der Waals surface area contributed by atoms with Gasteiger partial charge in [0, 0.05) is 12.1 Å². The lowest BCUT2D eigenvalue weighted by molar-refractivity contribution is -0.126. The SMILES string of the molecule is CCCN1C(CC#N)C(=O)NCCC1(C)C. The van der Waals surface area contributed by atoms with Crippen LogP contribution in [0.15, 0.2) is 0 Å². The Bertz CT molecular complexity index is 293. The molecule has 1 aliphatic rings. The van der Waals surface area contributed by atoms with E-state index >= 15 is 0 Å². The molecule has 0 spiro atoms. The third-order valence-electron chi connectivity index (χ3n) is 3.24. The maximum absolute atomic E-state index is 11.9. The van der Waals surface area contributed by atoms with E-state index in [9.17, 15) is 4.79 Å². The second-order valence-corrected chi connectivity index (χ2v) is 4.92. The number of carbonyl (C=O) groups excluding carboxylic acids is 1. The molecule has 1 unspecified atom stereocenters. The van der Waals surface area contributed by atoms with Crippen LogP contribution < -0.4 is 5.32 Å². The van der Waals surface area contributed by atoms with Crippen LogP contribution in [0.5, 0.6) is 0 Å². The average Bonchev–Trinajstić information content (AvgIpc) is 2.30. The van der Waals surface area contributed by atoms with Crippen LogP contribution in [0.3, 0.4) is 0 Å². The summed E-state index contributed by atoms with van der Waals surface area (Å²) in [6.45, 7) is 7.96. The molecule has 0 saturated carbocycles. The Morgan fingerprint density at radius 2 is 2.31 bits per heavy atom. The monoisotopic (exact) mass is 223 g/mol. The van der Waals surface area contributed by atoms with Gasteiger partial charge in [-0.3, -0.25) is 9.69 Å². The number of rotatable bonds is 3. The number of carbonyl (C=O) groups is 1. The summed E-state index contributed by atoms with van der Waals surface area (Å²) in [5.41, 5.74) is -0.0172. The first-order valence-corrected chi connectivity index (χ1v) is 5.94. The minimum atomic E-state index is -0.289. The molecule has 1 atom stereocenters. The summed E-state index contributed by atoms with van der Waals surface area (Å²) in [6.07, 6.45) is 2.20. The summed E-state index contributed by atoms with van der Waals surface area (Å²) in [5.74, 6) is 0.000532. The van der Waals surface area contributed by atoms with E-state index in [2.05, 4.69) is 37.1 Å². The predicted molar refractivity (Wildman–Crippen MR) is 62.7 cm³/mol. The van der Waals surface area contributed by atoms with Crippen LogP contribution in [-0.4, -0.2) is 35.5 Å². The highest BCUT2D eigenvalue weighted by Crippen LogP contribution is 2.25. The zero-order valence-corrected chi connectivity index (χ0v) is 10.4. The zero-order chi connectivity index (χ0) is 12.2. The molecule has 0 aromatic rings. The predicted octanol–water partition coefficient (Wildman–Crippen LogP) is 1.28. The van der Waals surface area contributed by atoms with Gasteiger partial charge in [-0.15, -0.1) is 0 Å². The van der Waals surface area contributed by atoms with Gasteiger partial charge in [0.25, 0.3) is 0 Å². The zero-order valence-electron chi connectivity index (χ0n) is 10.4. The maximum Gasteiger partial charge on any atom is 0.238 e. The van der Waals surface area contributed by atoms with E-state index in [0.717, 1.165) is 19.4 Å². The van der Waals surface area contributed by atoms with Crippen LogP contribution in [0, 0.1) is 11.3 Å². The third kappa shape index (κ3) is 2.73. The van der Waals surface area contributed by atoms with Crippen molar-refractivity contribution >= 4 is 5.91 Å². The quantitative estimate of drug-likeness (QED) is 0.784. The van der Waals surface area contributed by atoms with Gasteiger partial charge < -0.3 is 5.32 Å². The Balaban J connectivity index is 2.94. The smallest absolute Gasteiger partial charge is 0.238 e. The minimum Gasteiger partial charge on any atom is -0.355 e. The standard InChI is InChI=1S/C12H21N3O/c1-4-9-15-10(5-7-13)11(16)14-8-6-12(15,2)3/h10H,4-6,8-9H2,1-3H3,(H,14,16). The molecule has 4 nitrogen and oxygen atoms in total. The van der Waals surface area contributed by atoms with Gasteiger partial charge in [0.05, 0.1) is 12.5 Å². The summed E-state index contributed by atoms with van der Waals surface area (Å²) in [6, 6.07) is 1.83. The maximum atomic E-state index is 11.9. The largest absolute Gasteiger partial charge is 0.355 e. The molecule has 1 N–H and O–H groups in total. The van der Waals surface area contributed by atoms with Crippen LogP contribution in [-0.2, 0) is 4.79 Å². The molecule has 1 rings (SSSR count). The highest BCUT2D eigenvalue weighted by molar-refractivity contribution is 5.82. The van der Waals surface area contributed by atoms with E-state index < -0.39 is 0 Å². The second kappa shape index (κ2) is 5.31. The van der Waals surface area contributed by atoms with Crippen molar-refractivity contribution in [3.05, 3.63) is 0 Å². The molecular formula is C12H21N3O. The van der Waals surface area contributed by atoms with E-state index in [1.807, 2.05) is 0 Å². The summed E-state index contributed by atoms with van der Waals surface area (Å²) >= 11 is 0. The Hall–Kier alpha value is -1.08. The Kier molecular flexibility index (Phi) is 4.31. The number of nitrogens with one attached hydrogen (secondary N) is 1. The van der Waals surface area contributed by atoms with Crippen LogP contribution in [0.2, 0.25) is 0 Å². The topological polar surface area (TPSA) is 56.1 Å². The molecule has 1 saturated heterocycles. The number of nitriles is 1. The normalized spacial score (nSPS) is 25.6. The number of hydrogen-bond acceptors (Lipinski definition) is 3. The lowest BCUT2D eigenvalue weighted by atomic mass is 9.96. The summed E-state index contributed by atoms with van der Waals surface area (Å²) < 4.78 is 0. The molecule has 90 valence electrons. The van der Waals surface area contributed by atoms with Crippen molar-refractivity contribution in [2.45, 2.75) is 51.6 Å². The molecule has 1 heterocycles. The van der Waals surface area contributed by atoms with Gasteiger partial charge in [0.15, 0.2) is 0 Å².